The molecule has 0 unspecified atom stereocenters. The lowest BCUT2D eigenvalue weighted by atomic mass is 10.2. The van der Waals surface area contributed by atoms with Crippen LogP contribution in [-0.4, -0.2) is 48.1 Å². The van der Waals surface area contributed by atoms with Crippen LogP contribution in [0.4, 0.5) is 5.82 Å². The molecule has 1 saturated heterocycles. The zero-order valence-corrected chi connectivity index (χ0v) is 20.5. The molecule has 7 heteroatoms. The number of piperazine rings is 1. The largest absolute Gasteiger partial charge is 0.354 e. The van der Waals surface area contributed by atoms with Crippen LogP contribution in [0.25, 0.3) is 21.8 Å². The van der Waals surface area contributed by atoms with Crippen molar-refractivity contribution in [2.75, 3.05) is 38.1 Å². The Morgan fingerprint density at radius 2 is 1.30 bits per heavy atom. The highest BCUT2D eigenvalue weighted by atomic mass is 79.9. The second kappa shape index (κ2) is 9.60. The third-order valence-electron chi connectivity index (χ3n) is 5.08. The number of aromatic nitrogens is 2. The maximum Gasteiger partial charge on any atom is 0.129 e. The number of benzene rings is 2. The maximum absolute atomic E-state index is 5.74. The van der Waals surface area contributed by atoms with Crippen molar-refractivity contribution >= 4 is 71.1 Å². The molecule has 2 aromatic heterocycles. The van der Waals surface area contributed by atoms with Gasteiger partial charge in [-0.05, 0) is 67.7 Å². The molecule has 1 fully saturated rings. The molecule has 0 aliphatic carbocycles. The first-order valence-electron chi connectivity index (χ1n) is 9.69. The van der Waals surface area contributed by atoms with Gasteiger partial charge in [-0.25, -0.2) is 9.97 Å². The van der Waals surface area contributed by atoms with Crippen LogP contribution in [0.15, 0.2) is 69.6 Å². The molecule has 3 heterocycles. The summed E-state index contributed by atoms with van der Waals surface area (Å²) in [5.74, 6) is 1.10. The lowest BCUT2D eigenvalue weighted by Gasteiger charge is -2.33. The molecule has 1 aliphatic rings. The van der Waals surface area contributed by atoms with Crippen molar-refractivity contribution in [2.45, 2.75) is 0 Å². The highest BCUT2D eigenvalue weighted by Gasteiger charge is 2.15. The quantitative estimate of drug-likeness (QED) is 0.258. The second-order valence-corrected chi connectivity index (χ2v) is 9.49. The minimum atomic E-state index is 0.532. The van der Waals surface area contributed by atoms with Gasteiger partial charge in [-0.1, -0.05) is 43.5 Å². The average Bonchev–Trinajstić information content (AvgIpc) is 2.74. The van der Waals surface area contributed by atoms with Crippen LogP contribution in [-0.2, 0) is 0 Å². The van der Waals surface area contributed by atoms with E-state index in [1.165, 1.54) is 5.39 Å². The number of fused-ring (bicyclic) bond motifs is 2. The van der Waals surface area contributed by atoms with Gasteiger partial charge in [-0.3, -0.25) is 0 Å². The first-order chi connectivity index (χ1) is 14.5. The summed E-state index contributed by atoms with van der Waals surface area (Å²) < 4.78 is 2.16. The standard InChI is InChI=1S/C14H16BrN3.C9H5BrClN/c1-17-6-8-18(9-7-17)14-5-2-11-10-12(15)3-4-13(11)16-14;10-7-2-3-8-6(5-7)1-4-9(11)12-8/h2-5,10H,6-9H2,1H3;1-5H. The number of nitrogens with zero attached hydrogens (tertiary/aromatic N) is 4. The van der Waals surface area contributed by atoms with Crippen molar-refractivity contribution in [3.8, 4) is 0 Å². The lowest BCUT2D eigenvalue weighted by Crippen LogP contribution is -2.44. The lowest BCUT2D eigenvalue weighted by molar-refractivity contribution is 0.312. The molecule has 4 aromatic rings. The minimum Gasteiger partial charge on any atom is -0.354 e. The third-order valence-corrected chi connectivity index (χ3v) is 6.28. The van der Waals surface area contributed by atoms with E-state index in [-0.39, 0.29) is 0 Å². The Kier molecular flexibility index (Phi) is 6.88. The number of halogens is 3. The van der Waals surface area contributed by atoms with E-state index in [1.807, 2.05) is 30.3 Å². The number of hydrogen-bond acceptors (Lipinski definition) is 4. The van der Waals surface area contributed by atoms with E-state index in [2.05, 4.69) is 78.0 Å². The van der Waals surface area contributed by atoms with Gasteiger partial charge in [-0.2, -0.15) is 0 Å². The van der Waals surface area contributed by atoms with E-state index < -0.39 is 0 Å². The summed E-state index contributed by atoms with van der Waals surface area (Å²) in [6, 6.07) is 20.1. The predicted molar refractivity (Wildman–Crippen MR) is 134 cm³/mol. The van der Waals surface area contributed by atoms with Gasteiger partial charge in [0.15, 0.2) is 0 Å². The molecule has 0 bridgehead atoms. The highest BCUT2D eigenvalue weighted by molar-refractivity contribution is 9.10. The van der Waals surface area contributed by atoms with Crippen molar-refractivity contribution in [1.82, 2.24) is 14.9 Å². The summed E-state index contributed by atoms with van der Waals surface area (Å²) in [6.45, 7) is 4.34. The van der Waals surface area contributed by atoms with Gasteiger partial charge in [-0.15, -0.1) is 0 Å². The van der Waals surface area contributed by atoms with E-state index in [0.29, 0.717) is 5.15 Å². The molecule has 0 spiro atoms. The van der Waals surface area contributed by atoms with Crippen molar-refractivity contribution < 1.29 is 0 Å². The number of likely N-dealkylation sites (N-methyl/N-ethyl adjacent to an activating group) is 1. The molecule has 0 amide bonds. The molecule has 30 heavy (non-hydrogen) atoms. The Balaban J connectivity index is 0.000000158. The monoisotopic (exact) mass is 546 g/mol. The molecule has 2 aromatic carbocycles. The van der Waals surface area contributed by atoms with Crippen molar-refractivity contribution in [2.24, 2.45) is 0 Å². The molecule has 0 saturated carbocycles. The fourth-order valence-corrected chi connectivity index (χ4v) is 4.28. The van der Waals surface area contributed by atoms with Crippen LogP contribution in [0.5, 0.6) is 0 Å². The summed E-state index contributed by atoms with van der Waals surface area (Å²) >= 11 is 12.6. The van der Waals surface area contributed by atoms with E-state index >= 15 is 0 Å². The van der Waals surface area contributed by atoms with Crippen molar-refractivity contribution in [3.05, 3.63) is 74.8 Å². The summed E-state index contributed by atoms with van der Waals surface area (Å²) in [6.07, 6.45) is 0. The molecule has 0 atom stereocenters. The van der Waals surface area contributed by atoms with Crippen LogP contribution in [0, 0.1) is 0 Å². The fraction of sp³-hybridized carbons (Fsp3) is 0.217. The topological polar surface area (TPSA) is 32.3 Å². The Labute approximate surface area is 198 Å². The Hall–Kier alpha value is -1.73. The predicted octanol–water partition coefficient (Wildman–Crippen LogP) is 6.40. The third kappa shape index (κ3) is 5.30. The SMILES string of the molecule is CN1CCN(c2ccc3cc(Br)ccc3n2)CC1.Clc1ccc2cc(Br)ccc2n1. The van der Waals surface area contributed by atoms with E-state index in [4.69, 9.17) is 16.6 Å². The van der Waals surface area contributed by atoms with Gasteiger partial charge in [0.1, 0.15) is 11.0 Å². The molecular formula is C23H21Br2ClN4. The molecule has 154 valence electrons. The van der Waals surface area contributed by atoms with Crippen LogP contribution >= 0.6 is 43.5 Å². The van der Waals surface area contributed by atoms with Crippen molar-refractivity contribution in [3.63, 3.8) is 0 Å². The van der Waals surface area contributed by atoms with E-state index in [9.17, 15) is 0 Å². The van der Waals surface area contributed by atoms with Gasteiger partial charge in [0.05, 0.1) is 11.0 Å². The molecular weight excluding hydrogens is 528 g/mol. The first-order valence-corrected chi connectivity index (χ1v) is 11.7. The van der Waals surface area contributed by atoms with Crippen molar-refractivity contribution in [1.29, 1.82) is 0 Å². The highest BCUT2D eigenvalue weighted by Crippen LogP contribution is 2.22. The fourth-order valence-electron chi connectivity index (χ4n) is 3.37. The van der Waals surface area contributed by atoms with Gasteiger partial charge >= 0.3 is 0 Å². The normalized spacial score (nSPS) is 14.6. The van der Waals surface area contributed by atoms with Gasteiger partial charge in [0, 0.05) is 45.9 Å². The smallest absolute Gasteiger partial charge is 0.129 e. The number of hydrogen-bond donors (Lipinski definition) is 0. The number of pyridine rings is 2. The summed E-state index contributed by atoms with van der Waals surface area (Å²) in [5, 5.41) is 2.81. The van der Waals surface area contributed by atoms with E-state index in [0.717, 1.165) is 57.4 Å². The summed E-state index contributed by atoms with van der Waals surface area (Å²) in [5.41, 5.74) is 1.99. The van der Waals surface area contributed by atoms with Gasteiger partial charge < -0.3 is 9.80 Å². The Morgan fingerprint density at radius 3 is 1.93 bits per heavy atom. The zero-order chi connectivity index (χ0) is 21.1. The maximum atomic E-state index is 5.74. The molecule has 5 rings (SSSR count). The Morgan fingerprint density at radius 1 is 0.733 bits per heavy atom. The molecule has 0 radical (unpaired) electrons. The summed E-state index contributed by atoms with van der Waals surface area (Å²) in [7, 11) is 2.17. The number of anilines is 1. The average molecular weight is 549 g/mol. The second-order valence-electron chi connectivity index (χ2n) is 7.27. The summed E-state index contributed by atoms with van der Waals surface area (Å²) in [4.78, 5) is 13.6. The molecule has 4 nitrogen and oxygen atoms in total. The number of rotatable bonds is 1. The minimum absolute atomic E-state index is 0.532. The van der Waals surface area contributed by atoms with Crippen LogP contribution in [0.2, 0.25) is 5.15 Å². The molecule has 1 aliphatic heterocycles. The van der Waals surface area contributed by atoms with Gasteiger partial charge in [0.2, 0.25) is 0 Å². The van der Waals surface area contributed by atoms with Crippen LogP contribution in [0.3, 0.4) is 0 Å². The Bertz CT molecular complexity index is 1140. The molecule has 0 N–H and O–H groups in total. The zero-order valence-electron chi connectivity index (χ0n) is 16.5. The van der Waals surface area contributed by atoms with E-state index in [1.54, 1.807) is 6.07 Å². The van der Waals surface area contributed by atoms with Crippen LogP contribution in [0.1, 0.15) is 0 Å². The first kappa shape index (κ1) is 21.5. The van der Waals surface area contributed by atoms with Gasteiger partial charge in [0.25, 0.3) is 0 Å². The van der Waals surface area contributed by atoms with Crippen LogP contribution < -0.4 is 4.90 Å².